The lowest BCUT2D eigenvalue weighted by atomic mass is 9.83. The molecule has 1 aliphatic carbocycles. The Labute approximate surface area is 136 Å². The van der Waals surface area contributed by atoms with Crippen LogP contribution in [0.2, 0.25) is 0 Å². The fraction of sp³-hybridized carbons (Fsp3) is 0.647. The predicted octanol–water partition coefficient (Wildman–Crippen LogP) is 4.49. The van der Waals surface area contributed by atoms with E-state index in [4.69, 9.17) is 5.73 Å². The van der Waals surface area contributed by atoms with Gasteiger partial charge in [-0.15, -0.1) is 0 Å². The van der Waals surface area contributed by atoms with Gasteiger partial charge in [-0.3, -0.25) is 4.90 Å². The van der Waals surface area contributed by atoms with Crippen LogP contribution in [-0.4, -0.2) is 24.5 Å². The molecule has 1 fully saturated rings. The molecule has 0 saturated heterocycles. The minimum Gasteiger partial charge on any atom is -0.329 e. The lowest BCUT2D eigenvalue weighted by Crippen LogP contribution is -2.40. The molecule has 2 N–H and O–H groups in total. The molecule has 2 nitrogen and oxygen atoms in total. The average Bonchev–Trinajstić information content (AvgIpc) is 2.51. The van der Waals surface area contributed by atoms with Gasteiger partial charge in [0.1, 0.15) is 5.82 Å². The van der Waals surface area contributed by atoms with Gasteiger partial charge in [0.15, 0.2) is 0 Å². The van der Waals surface area contributed by atoms with Crippen molar-refractivity contribution in [1.29, 1.82) is 0 Å². The highest BCUT2D eigenvalue weighted by Gasteiger charge is 2.27. The quantitative estimate of drug-likeness (QED) is 0.841. The molecule has 4 heteroatoms. The van der Waals surface area contributed by atoms with Gasteiger partial charge in [-0.25, -0.2) is 4.39 Å². The number of halogens is 2. The lowest BCUT2D eigenvalue weighted by molar-refractivity contribution is 0.122. The normalized spacial score (nSPS) is 24.3. The first-order valence-corrected chi connectivity index (χ1v) is 8.73. The molecule has 118 valence electrons. The van der Waals surface area contributed by atoms with Crippen LogP contribution in [0.3, 0.4) is 0 Å². The van der Waals surface area contributed by atoms with Gasteiger partial charge >= 0.3 is 0 Å². The van der Waals surface area contributed by atoms with Crippen molar-refractivity contribution >= 4 is 15.9 Å². The Morgan fingerprint density at radius 2 is 2.00 bits per heavy atom. The highest BCUT2D eigenvalue weighted by molar-refractivity contribution is 9.10. The predicted molar refractivity (Wildman–Crippen MR) is 89.7 cm³/mol. The van der Waals surface area contributed by atoms with Crippen LogP contribution in [-0.2, 0) is 0 Å². The van der Waals surface area contributed by atoms with E-state index < -0.39 is 0 Å². The largest absolute Gasteiger partial charge is 0.329 e. The second-order valence-corrected chi connectivity index (χ2v) is 7.03. The van der Waals surface area contributed by atoms with Crippen LogP contribution >= 0.6 is 15.9 Å². The molecule has 1 aromatic rings. The summed E-state index contributed by atoms with van der Waals surface area (Å²) in [6.45, 7) is 2.80. The zero-order chi connectivity index (χ0) is 15.4. The Balaban J connectivity index is 2.08. The maximum atomic E-state index is 13.8. The maximum Gasteiger partial charge on any atom is 0.137 e. The Bertz CT molecular complexity index is 458. The Hall–Kier alpha value is -0.450. The minimum absolute atomic E-state index is 0.0933. The molecule has 0 aromatic heterocycles. The van der Waals surface area contributed by atoms with E-state index in [-0.39, 0.29) is 11.9 Å². The molecule has 0 radical (unpaired) electrons. The van der Waals surface area contributed by atoms with E-state index in [9.17, 15) is 4.39 Å². The average molecular weight is 357 g/mol. The second kappa shape index (κ2) is 7.70. The van der Waals surface area contributed by atoms with E-state index >= 15 is 0 Å². The summed E-state index contributed by atoms with van der Waals surface area (Å²) in [7, 11) is 2.13. The third kappa shape index (κ3) is 4.05. The molecule has 2 rings (SSSR count). The van der Waals surface area contributed by atoms with E-state index in [1.807, 2.05) is 6.07 Å². The van der Waals surface area contributed by atoms with E-state index in [0.29, 0.717) is 17.1 Å². The molecule has 0 spiro atoms. The zero-order valence-electron chi connectivity index (χ0n) is 13.0. The molecule has 0 aliphatic heterocycles. The Morgan fingerprint density at radius 1 is 1.33 bits per heavy atom. The number of likely N-dealkylation sites (N-methyl/N-ethyl adjacent to an activating group) is 1. The fourth-order valence-corrected chi connectivity index (χ4v) is 3.72. The molecular weight excluding hydrogens is 331 g/mol. The number of benzene rings is 1. The first-order valence-electron chi connectivity index (χ1n) is 7.93. The molecule has 1 aromatic carbocycles. The highest BCUT2D eigenvalue weighted by Crippen LogP contribution is 2.33. The first kappa shape index (κ1) is 16.9. The van der Waals surface area contributed by atoms with Crippen LogP contribution in [0.4, 0.5) is 4.39 Å². The number of hydrogen-bond acceptors (Lipinski definition) is 2. The van der Waals surface area contributed by atoms with Crippen LogP contribution in [0.1, 0.15) is 50.6 Å². The topological polar surface area (TPSA) is 29.3 Å². The van der Waals surface area contributed by atoms with Gasteiger partial charge in [-0.05, 0) is 72.3 Å². The maximum absolute atomic E-state index is 13.8. The van der Waals surface area contributed by atoms with Gasteiger partial charge in [0.05, 0.1) is 4.47 Å². The summed E-state index contributed by atoms with van der Waals surface area (Å²) in [5, 5.41) is 0. The molecule has 0 heterocycles. The van der Waals surface area contributed by atoms with E-state index in [0.717, 1.165) is 11.5 Å². The molecule has 1 saturated carbocycles. The molecule has 0 bridgehead atoms. The number of hydrogen-bond donors (Lipinski definition) is 1. The Morgan fingerprint density at radius 3 is 2.52 bits per heavy atom. The molecule has 21 heavy (non-hydrogen) atoms. The summed E-state index contributed by atoms with van der Waals surface area (Å²) >= 11 is 3.21. The molecule has 0 amide bonds. The van der Waals surface area contributed by atoms with Crippen LogP contribution in [0, 0.1) is 11.7 Å². The van der Waals surface area contributed by atoms with Crippen molar-refractivity contribution in [3.63, 3.8) is 0 Å². The smallest absolute Gasteiger partial charge is 0.137 e. The van der Waals surface area contributed by atoms with E-state index in [2.05, 4.69) is 34.8 Å². The van der Waals surface area contributed by atoms with Crippen molar-refractivity contribution < 1.29 is 4.39 Å². The van der Waals surface area contributed by atoms with Crippen molar-refractivity contribution in [2.75, 3.05) is 13.6 Å². The van der Waals surface area contributed by atoms with Crippen LogP contribution in [0.5, 0.6) is 0 Å². The summed E-state index contributed by atoms with van der Waals surface area (Å²) in [5.74, 6) is 0.671. The number of nitrogens with zero attached hydrogens (tertiary/aromatic N) is 1. The van der Waals surface area contributed by atoms with Gasteiger partial charge < -0.3 is 5.73 Å². The first-order chi connectivity index (χ1) is 10.1. The fourth-order valence-electron chi connectivity index (χ4n) is 3.47. The van der Waals surface area contributed by atoms with Gasteiger partial charge in [-0.2, -0.15) is 0 Å². The van der Waals surface area contributed by atoms with Crippen LogP contribution < -0.4 is 5.73 Å². The molecule has 1 aliphatic rings. The van der Waals surface area contributed by atoms with Crippen molar-refractivity contribution in [1.82, 2.24) is 4.90 Å². The minimum atomic E-state index is -0.214. The summed E-state index contributed by atoms with van der Waals surface area (Å²) in [6, 6.07) is 6.01. The summed E-state index contributed by atoms with van der Waals surface area (Å²) in [6.07, 6.45) is 6.35. The van der Waals surface area contributed by atoms with Crippen molar-refractivity contribution in [3.8, 4) is 0 Å². The highest BCUT2D eigenvalue weighted by atomic mass is 79.9. The monoisotopic (exact) mass is 356 g/mol. The number of rotatable bonds is 5. The lowest BCUT2D eigenvalue weighted by Gasteiger charge is -2.39. The molecule has 1 atom stereocenters. The molecule has 1 unspecified atom stereocenters. The summed E-state index contributed by atoms with van der Waals surface area (Å²) in [5.41, 5.74) is 6.95. The SMILES string of the molecule is CCC1CCC(N(C)C(CN)c2ccc(Br)c(F)c2)CC1. The summed E-state index contributed by atoms with van der Waals surface area (Å²) in [4.78, 5) is 2.36. The van der Waals surface area contributed by atoms with Gasteiger partial charge in [0.2, 0.25) is 0 Å². The summed E-state index contributed by atoms with van der Waals surface area (Å²) < 4.78 is 14.3. The van der Waals surface area contributed by atoms with E-state index in [1.165, 1.54) is 32.1 Å². The zero-order valence-corrected chi connectivity index (χ0v) is 14.6. The van der Waals surface area contributed by atoms with Gasteiger partial charge in [-0.1, -0.05) is 19.4 Å². The third-order valence-corrected chi connectivity index (χ3v) is 5.66. The standard InChI is InChI=1S/C17H26BrFN2/c1-3-12-4-7-14(8-5-12)21(2)17(11-20)13-6-9-15(18)16(19)10-13/h6,9-10,12,14,17H,3-5,7-8,11,20H2,1-2H3. The molecular formula is C17H26BrFN2. The van der Waals surface area contributed by atoms with Crippen LogP contribution in [0.15, 0.2) is 22.7 Å². The van der Waals surface area contributed by atoms with Crippen LogP contribution in [0.25, 0.3) is 0 Å². The van der Waals surface area contributed by atoms with Crippen molar-refractivity contribution in [3.05, 3.63) is 34.1 Å². The van der Waals surface area contributed by atoms with Crippen molar-refractivity contribution in [2.24, 2.45) is 11.7 Å². The van der Waals surface area contributed by atoms with E-state index in [1.54, 1.807) is 12.1 Å². The third-order valence-electron chi connectivity index (χ3n) is 5.01. The number of nitrogens with two attached hydrogens (primary N) is 1. The van der Waals surface area contributed by atoms with Crippen molar-refractivity contribution in [2.45, 2.75) is 51.1 Å². The second-order valence-electron chi connectivity index (χ2n) is 6.17. The Kier molecular flexibility index (Phi) is 6.20. The van der Waals surface area contributed by atoms with Gasteiger partial charge in [0, 0.05) is 18.6 Å². The van der Waals surface area contributed by atoms with Gasteiger partial charge in [0.25, 0.3) is 0 Å².